The molecule has 0 aromatic heterocycles. The van der Waals surface area contributed by atoms with E-state index in [0.717, 1.165) is 12.2 Å². The van der Waals surface area contributed by atoms with E-state index in [4.69, 9.17) is 11.5 Å². The molecule has 1 aliphatic rings. The van der Waals surface area contributed by atoms with Crippen LogP contribution in [0.4, 0.5) is 0 Å². The minimum atomic E-state index is -0.405. The number of rotatable bonds is 0. The van der Waals surface area contributed by atoms with Gasteiger partial charge in [-0.3, -0.25) is 9.59 Å². The maximum absolute atomic E-state index is 10.6. The predicted octanol–water partition coefficient (Wildman–Crippen LogP) is -0.0208. The molecule has 0 saturated heterocycles. The first-order chi connectivity index (χ1) is 4.63. The van der Waals surface area contributed by atoms with Gasteiger partial charge in [-0.15, -0.1) is 34.0 Å². The lowest BCUT2D eigenvalue weighted by Gasteiger charge is -2.04. The van der Waals surface area contributed by atoms with Crippen LogP contribution in [0.5, 0.6) is 0 Å². The van der Waals surface area contributed by atoms with Crippen LogP contribution < -0.4 is 11.5 Å². The van der Waals surface area contributed by atoms with Gasteiger partial charge in [-0.2, -0.15) is 0 Å². The fraction of sp³-hybridized carbons (Fsp3) is 0. The third-order valence-corrected chi connectivity index (χ3v) is 1.21. The van der Waals surface area contributed by atoms with Gasteiger partial charge in [-0.1, -0.05) is 0 Å². The molecule has 0 aliphatic heterocycles. The summed E-state index contributed by atoms with van der Waals surface area (Å²) in [4.78, 5) is 21.3. The van der Waals surface area contributed by atoms with E-state index in [1.807, 2.05) is 0 Å². The number of nitrogens with two attached hydrogens (primary N) is 2. The first-order valence-corrected chi connectivity index (χ1v) is 2.65. The van der Waals surface area contributed by atoms with Crippen LogP contribution >= 0.6 is 34.0 Å². The summed E-state index contributed by atoms with van der Waals surface area (Å²) in [6.45, 7) is 0. The molecule has 0 aromatic carbocycles. The van der Waals surface area contributed by atoms with Crippen molar-refractivity contribution in [2.24, 2.45) is 11.5 Å². The van der Waals surface area contributed by atoms with Gasteiger partial charge < -0.3 is 11.5 Å². The van der Waals surface area contributed by atoms with Gasteiger partial charge >= 0.3 is 0 Å². The van der Waals surface area contributed by atoms with E-state index in [0.29, 0.717) is 0 Å². The van der Waals surface area contributed by atoms with Crippen LogP contribution in [-0.2, 0) is 9.59 Å². The Balaban J connectivity index is 0. The Morgan fingerprint density at radius 3 is 1.33 bits per heavy atom. The van der Waals surface area contributed by atoms with E-state index in [1.54, 1.807) is 0 Å². The van der Waals surface area contributed by atoms with Gasteiger partial charge in [-0.25, -0.2) is 0 Å². The zero-order valence-corrected chi connectivity index (χ0v) is 9.37. The normalized spacial score (nSPS) is 15.3. The Labute approximate surface area is 90.2 Å². The molecule has 0 aromatic rings. The summed E-state index contributed by atoms with van der Waals surface area (Å²) < 4.78 is 0. The molecule has 0 spiro atoms. The molecule has 0 radical (unpaired) electrons. The summed E-state index contributed by atoms with van der Waals surface area (Å²) in [7, 11) is 0. The number of allylic oxidation sites excluding steroid dienone is 2. The zero-order valence-electron chi connectivity index (χ0n) is 5.94. The lowest BCUT2D eigenvalue weighted by atomic mass is 10.1. The van der Waals surface area contributed by atoms with Crippen LogP contribution in [0.3, 0.4) is 0 Å². The molecule has 68 valence electrons. The number of halogens is 2. The first kappa shape index (κ1) is 13.9. The average Bonchev–Trinajstić information content (AvgIpc) is 1.93. The second-order valence-electron chi connectivity index (χ2n) is 1.89. The second kappa shape index (κ2) is 5.10. The van der Waals surface area contributed by atoms with E-state index < -0.39 is 11.6 Å². The van der Waals surface area contributed by atoms with Crippen molar-refractivity contribution in [3.05, 3.63) is 23.5 Å². The van der Waals surface area contributed by atoms with Crippen LogP contribution in [0.25, 0.3) is 0 Å². The summed E-state index contributed by atoms with van der Waals surface area (Å²) >= 11 is 0. The maximum atomic E-state index is 10.6. The molecule has 0 heterocycles. The number of hydrogen-bond acceptors (Lipinski definition) is 4. The predicted molar refractivity (Wildman–Crippen MR) is 55.2 cm³/mol. The third-order valence-electron chi connectivity index (χ3n) is 1.21. The van der Waals surface area contributed by atoms with Crippen molar-refractivity contribution in [1.29, 1.82) is 0 Å². The van der Waals surface area contributed by atoms with Crippen LogP contribution in [0.15, 0.2) is 23.5 Å². The minimum absolute atomic E-state index is 0. The topological polar surface area (TPSA) is 86.2 Å². The molecule has 0 saturated carbocycles. The highest BCUT2D eigenvalue weighted by atomic mass is 79.9. The van der Waals surface area contributed by atoms with Crippen LogP contribution in [-0.4, -0.2) is 11.6 Å². The van der Waals surface area contributed by atoms with Crippen molar-refractivity contribution in [2.75, 3.05) is 0 Å². The largest absolute Gasteiger partial charge is 0.394 e. The standard InChI is InChI=1S/C6H6N2O2.2BrH/c7-5-3(9)1-2-4(10)6(5)8;;/h1-2H,7-8H2;2*1H. The van der Waals surface area contributed by atoms with Crippen LogP contribution in [0, 0.1) is 0 Å². The van der Waals surface area contributed by atoms with E-state index >= 15 is 0 Å². The Bertz CT molecular complexity index is 245. The lowest BCUT2D eigenvalue weighted by Crippen LogP contribution is -2.24. The highest BCUT2D eigenvalue weighted by Gasteiger charge is 2.16. The Morgan fingerprint density at radius 1 is 0.833 bits per heavy atom. The Morgan fingerprint density at radius 2 is 1.08 bits per heavy atom. The molecule has 4 nitrogen and oxygen atoms in total. The number of ketones is 2. The quantitative estimate of drug-likeness (QED) is 0.616. The van der Waals surface area contributed by atoms with Gasteiger partial charge in [0.1, 0.15) is 11.4 Å². The molecule has 4 N–H and O–H groups in total. The fourth-order valence-corrected chi connectivity index (χ4v) is 0.596. The fourth-order valence-electron chi connectivity index (χ4n) is 0.596. The van der Waals surface area contributed by atoms with E-state index in [1.165, 1.54) is 0 Å². The monoisotopic (exact) mass is 298 g/mol. The molecule has 0 atom stereocenters. The van der Waals surface area contributed by atoms with Crippen molar-refractivity contribution >= 4 is 45.5 Å². The van der Waals surface area contributed by atoms with Crippen molar-refractivity contribution < 1.29 is 9.59 Å². The molecule has 0 amide bonds. The van der Waals surface area contributed by atoms with Gasteiger partial charge in [0, 0.05) is 0 Å². The van der Waals surface area contributed by atoms with Crippen LogP contribution in [0.2, 0.25) is 0 Å². The van der Waals surface area contributed by atoms with Gasteiger partial charge in [0.25, 0.3) is 0 Å². The maximum Gasteiger partial charge on any atom is 0.203 e. The zero-order chi connectivity index (χ0) is 7.72. The average molecular weight is 300 g/mol. The number of carbonyl (C=O) groups is 2. The summed E-state index contributed by atoms with van der Waals surface area (Å²) in [6, 6.07) is 0. The smallest absolute Gasteiger partial charge is 0.203 e. The molecule has 1 rings (SSSR count). The van der Waals surface area contributed by atoms with Crippen molar-refractivity contribution in [1.82, 2.24) is 0 Å². The van der Waals surface area contributed by atoms with Gasteiger partial charge in [0.15, 0.2) is 0 Å². The number of carbonyl (C=O) groups excluding carboxylic acids is 2. The van der Waals surface area contributed by atoms with E-state index in [2.05, 4.69) is 0 Å². The van der Waals surface area contributed by atoms with E-state index in [9.17, 15) is 9.59 Å². The molecule has 0 bridgehead atoms. The summed E-state index contributed by atoms with van der Waals surface area (Å²) in [5.74, 6) is -0.811. The molecule has 12 heavy (non-hydrogen) atoms. The highest BCUT2D eigenvalue weighted by Crippen LogP contribution is 2.03. The Hall–Kier alpha value is -0.620. The minimum Gasteiger partial charge on any atom is -0.394 e. The third kappa shape index (κ3) is 2.46. The van der Waals surface area contributed by atoms with Crippen molar-refractivity contribution in [3.8, 4) is 0 Å². The van der Waals surface area contributed by atoms with E-state index in [-0.39, 0.29) is 45.4 Å². The molecule has 1 aliphatic carbocycles. The molecule has 6 heteroatoms. The van der Waals surface area contributed by atoms with Crippen LogP contribution in [0.1, 0.15) is 0 Å². The Kier molecular flexibility index (Phi) is 5.92. The van der Waals surface area contributed by atoms with Gasteiger partial charge in [-0.05, 0) is 12.2 Å². The SMILES string of the molecule is Br.Br.NC1=C(N)C(=O)C=CC1=O. The van der Waals surface area contributed by atoms with Gasteiger partial charge in [0.2, 0.25) is 11.6 Å². The van der Waals surface area contributed by atoms with Crippen molar-refractivity contribution in [2.45, 2.75) is 0 Å². The summed E-state index contributed by atoms with van der Waals surface area (Å²) in [5, 5.41) is 0. The summed E-state index contributed by atoms with van der Waals surface area (Å²) in [6.07, 6.45) is 2.21. The molecule has 0 fully saturated rings. The lowest BCUT2D eigenvalue weighted by molar-refractivity contribution is -0.115. The van der Waals surface area contributed by atoms with Crippen molar-refractivity contribution in [3.63, 3.8) is 0 Å². The molecular weight excluding hydrogens is 292 g/mol. The number of hydrogen-bond donors (Lipinski definition) is 2. The summed E-state index contributed by atoms with van der Waals surface area (Å²) in [5.41, 5.74) is 9.97. The second-order valence-corrected chi connectivity index (χ2v) is 1.89. The van der Waals surface area contributed by atoms with Gasteiger partial charge in [0.05, 0.1) is 0 Å². The first-order valence-electron chi connectivity index (χ1n) is 2.65. The molecule has 0 unspecified atom stereocenters. The molecular formula is C6H8Br2N2O2. The highest BCUT2D eigenvalue weighted by molar-refractivity contribution is 8.93.